The molecule has 0 radical (unpaired) electrons. The fourth-order valence-corrected chi connectivity index (χ4v) is 8.03. The summed E-state index contributed by atoms with van der Waals surface area (Å²) in [5.41, 5.74) is -0.360. The van der Waals surface area contributed by atoms with E-state index in [1.807, 2.05) is 26.8 Å². The number of sulfonamides is 1. The number of aliphatic hydroxyl groups excluding tert-OH is 1. The Morgan fingerprint density at radius 3 is 2.53 bits per heavy atom. The second-order valence-corrected chi connectivity index (χ2v) is 15.4. The Hall–Kier alpha value is -3.00. The van der Waals surface area contributed by atoms with Gasteiger partial charge in [-0.1, -0.05) is 64.8 Å². The van der Waals surface area contributed by atoms with Gasteiger partial charge in [0.2, 0.25) is 15.9 Å². The lowest BCUT2D eigenvalue weighted by Crippen LogP contribution is -2.65. The number of hydrogen-bond donors (Lipinski definition) is 5. The number of carbonyl (C=O) groups is 3. The van der Waals surface area contributed by atoms with Crippen LogP contribution in [0, 0.1) is 5.41 Å². The molecular weight excluding hydrogens is 598 g/mol. The standard InChI is InChI=1S/C32H49N5O7S/c1-5-6-7-8-13-23-16-17-32(23,29(40)41)35-28(39)24-14-11-18-37(24)27(38)19-33-30(42)34-26(31(2,3)4)21-36-20-22-12-9-10-15-25(22)45(36,43)44/h9-10,12-13,15,24,26,28,35,39H,5-8,11,14,16-21H2,1-4H3,(H,40,41)(H2,33,34,42)/b23-13-/t24-,26?,28?,32+/m0/s1. The van der Waals surface area contributed by atoms with Crippen molar-refractivity contribution in [2.75, 3.05) is 19.6 Å². The van der Waals surface area contributed by atoms with Gasteiger partial charge in [-0.05, 0) is 61.1 Å². The molecule has 0 spiro atoms. The molecule has 13 heteroatoms. The predicted octanol–water partition coefficient (Wildman–Crippen LogP) is 2.93. The Bertz CT molecular complexity index is 1390. The number of allylic oxidation sites excluding steroid dienone is 1. The highest BCUT2D eigenvalue weighted by atomic mass is 32.2. The summed E-state index contributed by atoms with van der Waals surface area (Å²) in [5, 5.41) is 29.6. The van der Waals surface area contributed by atoms with Crippen LogP contribution in [0.25, 0.3) is 0 Å². The van der Waals surface area contributed by atoms with Gasteiger partial charge in [-0.25, -0.2) is 18.0 Å². The first-order chi connectivity index (χ1) is 21.2. The van der Waals surface area contributed by atoms with Gasteiger partial charge in [0.15, 0.2) is 0 Å². The number of rotatable bonds is 13. The summed E-state index contributed by atoms with van der Waals surface area (Å²) in [7, 11) is -3.68. The molecule has 1 aromatic carbocycles. The molecule has 45 heavy (non-hydrogen) atoms. The largest absolute Gasteiger partial charge is 0.480 e. The van der Waals surface area contributed by atoms with Gasteiger partial charge in [0.05, 0.1) is 17.5 Å². The van der Waals surface area contributed by atoms with E-state index in [0.717, 1.165) is 31.3 Å². The van der Waals surface area contributed by atoms with Crippen LogP contribution >= 0.6 is 0 Å². The van der Waals surface area contributed by atoms with Crippen LogP contribution in [0.4, 0.5) is 4.79 Å². The first-order valence-electron chi connectivity index (χ1n) is 16.0. The second kappa shape index (κ2) is 14.2. The molecule has 1 saturated carbocycles. The number of carboxylic acids is 1. The van der Waals surface area contributed by atoms with E-state index in [9.17, 15) is 33.0 Å². The van der Waals surface area contributed by atoms with E-state index >= 15 is 0 Å². The molecule has 0 aromatic heterocycles. The molecule has 250 valence electrons. The normalized spacial score (nSPS) is 25.0. The topological polar surface area (TPSA) is 168 Å². The number of urea groups is 1. The molecule has 2 aliphatic heterocycles. The van der Waals surface area contributed by atoms with Crippen LogP contribution < -0.4 is 16.0 Å². The smallest absolute Gasteiger partial charge is 0.328 e. The number of nitrogens with zero attached hydrogens (tertiary/aromatic N) is 2. The maximum atomic E-state index is 13.2. The van der Waals surface area contributed by atoms with Crippen molar-refractivity contribution in [2.24, 2.45) is 5.41 Å². The van der Waals surface area contributed by atoms with Crippen LogP contribution in [0.1, 0.15) is 84.6 Å². The average molecular weight is 648 g/mol. The number of aliphatic carboxylic acids is 1. The van der Waals surface area contributed by atoms with Gasteiger partial charge in [0.25, 0.3) is 0 Å². The highest BCUT2D eigenvalue weighted by Gasteiger charge is 2.51. The molecular formula is C32H49N5O7S. The number of benzene rings is 1. The van der Waals surface area contributed by atoms with Crippen LogP contribution in [-0.4, -0.2) is 89.2 Å². The molecule has 1 aromatic rings. The molecule has 3 amide bonds. The van der Waals surface area contributed by atoms with Crippen LogP contribution in [-0.2, 0) is 26.2 Å². The molecule has 12 nitrogen and oxygen atoms in total. The number of amides is 3. The van der Waals surface area contributed by atoms with Crippen molar-refractivity contribution >= 4 is 27.9 Å². The lowest BCUT2D eigenvalue weighted by atomic mass is 9.70. The first kappa shape index (κ1) is 34.9. The second-order valence-electron chi connectivity index (χ2n) is 13.5. The Morgan fingerprint density at radius 1 is 1.18 bits per heavy atom. The SMILES string of the molecule is CCCCC/C=C1/CC[C@]1(NC(O)[C@@H]1CCCN1C(=O)CNC(=O)NC(CN1Cc2ccccc2S1(=O)=O)C(C)(C)C)C(=O)O. The van der Waals surface area contributed by atoms with E-state index in [-0.39, 0.29) is 24.5 Å². The number of carboxylic acid groups (broad SMARTS) is 1. The van der Waals surface area contributed by atoms with Gasteiger partial charge >= 0.3 is 12.0 Å². The summed E-state index contributed by atoms with van der Waals surface area (Å²) in [4.78, 5) is 40.3. The third-order valence-electron chi connectivity index (χ3n) is 9.33. The number of nitrogens with one attached hydrogen (secondary N) is 3. The molecule has 2 fully saturated rings. The third kappa shape index (κ3) is 7.70. The highest BCUT2D eigenvalue weighted by molar-refractivity contribution is 7.89. The summed E-state index contributed by atoms with van der Waals surface area (Å²) >= 11 is 0. The third-order valence-corrected chi connectivity index (χ3v) is 11.2. The van der Waals surface area contributed by atoms with E-state index < -0.39 is 57.2 Å². The monoisotopic (exact) mass is 647 g/mol. The maximum absolute atomic E-state index is 13.2. The van der Waals surface area contributed by atoms with Crippen molar-refractivity contribution in [1.29, 1.82) is 0 Å². The fourth-order valence-electron chi connectivity index (χ4n) is 6.39. The summed E-state index contributed by atoms with van der Waals surface area (Å²) in [6, 6.07) is 5.04. The molecule has 2 heterocycles. The Balaban J connectivity index is 1.33. The van der Waals surface area contributed by atoms with Crippen LogP contribution in [0.2, 0.25) is 0 Å². The van der Waals surface area contributed by atoms with Crippen molar-refractivity contribution in [1.82, 2.24) is 25.2 Å². The first-order valence-corrected chi connectivity index (χ1v) is 17.4. The summed E-state index contributed by atoms with van der Waals surface area (Å²) in [6.45, 7) is 8.15. The summed E-state index contributed by atoms with van der Waals surface area (Å²) in [6.07, 6.45) is 6.77. The van der Waals surface area contributed by atoms with Crippen LogP contribution in [0.15, 0.2) is 40.8 Å². The van der Waals surface area contributed by atoms with Crippen molar-refractivity contribution in [2.45, 2.75) is 114 Å². The van der Waals surface area contributed by atoms with Gasteiger partial charge < -0.3 is 25.7 Å². The van der Waals surface area contributed by atoms with Crippen LogP contribution in [0.5, 0.6) is 0 Å². The minimum atomic E-state index is -3.68. The quantitative estimate of drug-likeness (QED) is 0.124. The molecule has 5 N–H and O–H groups in total. The summed E-state index contributed by atoms with van der Waals surface area (Å²) < 4.78 is 27.6. The van der Waals surface area contributed by atoms with E-state index in [1.165, 1.54) is 9.21 Å². The van der Waals surface area contributed by atoms with Crippen molar-refractivity contribution in [3.63, 3.8) is 0 Å². The molecule has 0 bridgehead atoms. The van der Waals surface area contributed by atoms with Crippen LogP contribution in [0.3, 0.4) is 0 Å². The molecule has 3 aliphatic rings. The van der Waals surface area contributed by atoms with E-state index in [4.69, 9.17) is 0 Å². The zero-order valence-corrected chi connectivity index (χ0v) is 27.7. The van der Waals surface area contributed by atoms with Gasteiger partial charge in [0, 0.05) is 25.7 Å². The number of fused-ring (bicyclic) bond motifs is 1. The Morgan fingerprint density at radius 2 is 1.91 bits per heavy atom. The zero-order chi connectivity index (χ0) is 33.0. The average Bonchev–Trinajstić information content (AvgIpc) is 3.56. The summed E-state index contributed by atoms with van der Waals surface area (Å²) in [5.74, 6) is -1.44. The fraction of sp³-hybridized carbons (Fsp3) is 0.656. The molecule has 2 unspecified atom stereocenters. The molecule has 4 atom stereocenters. The van der Waals surface area contributed by atoms with Gasteiger partial charge in [-0.2, -0.15) is 4.31 Å². The zero-order valence-electron chi connectivity index (χ0n) is 26.8. The highest BCUT2D eigenvalue weighted by Crippen LogP contribution is 2.40. The van der Waals surface area contributed by atoms with E-state index in [2.05, 4.69) is 22.9 Å². The number of carbonyl (C=O) groups excluding carboxylic acids is 2. The Labute approximate surface area is 266 Å². The van der Waals surface area contributed by atoms with Gasteiger partial charge in [0.1, 0.15) is 11.8 Å². The van der Waals surface area contributed by atoms with Gasteiger partial charge in [-0.15, -0.1) is 0 Å². The number of unbranched alkanes of at least 4 members (excludes halogenated alkanes) is 3. The number of likely N-dealkylation sites (tertiary alicyclic amines) is 1. The molecule has 1 aliphatic carbocycles. The Kier molecular flexibility index (Phi) is 11.0. The van der Waals surface area contributed by atoms with E-state index in [0.29, 0.717) is 37.8 Å². The molecule has 1 saturated heterocycles. The van der Waals surface area contributed by atoms with Gasteiger partial charge in [-0.3, -0.25) is 10.1 Å². The lowest BCUT2D eigenvalue weighted by molar-refractivity contribution is -0.148. The number of aliphatic hydroxyl groups is 1. The van der Waals surface area contributed by atoms with Crippen molar-refractivity contribution < 1.29 is 33.0 Å². The minimum absolute atomic E-state index is 0.0638. The molecule has 4 rings (SSSR count). The van der Waals surface area contributed by atoms with Crippen molar-refractivity contribution in [3.05, 3.63) is 41.5 Å². The van der Waals surface area contributed by atoms with E-state index in [1.54, 1.807) is 24.3 Å². The predicted molar refractivity (Wildman–Crippen MR) is 170 cm³/mol. The minimum Gasteiger partial charge on any atom is -0.480 e. The maximum Gasteiger partial charge on any atom is 0.328 e. The number of hydrogen-bond acceptors (Lipinski definition) is 7. The van der Waals surface area contributed by atoms with Crippen molar-refractivity contribution in [3.8, 4) is 0 Å². The lowest BCUT2D eigenvalue weighted by Gasteiger charge is -2.45.